The van der Waals surface area contributed by atoms with Crippen LogP contribution in [-0.2, 0) is 6.42 Å². The van der Waals surface area contributed by atoms with Crippen molar-refractivity contribution in [2.75, 3.05) is 0 Å². The van der Waals surface area contributed by atoms with Gasteiger partial charge in [-0.15, -0.1) is 0 Å². The molecule has 0 unspecified atom stereocenters. The third-order valence-electron chi connectivity index (χ3n) is 10.00. The fourth-order valence-electron chi connectivity index (χ4n) is 7.75. The Kier molecular flexibility index (Phi) is 6.35. The molecule has 46 heavy (non-hydrogen) atoms. The Morgan fingerprint density at radius 1 is 0.457 bits per heavy atom. The van der Waals surface area contributed by atoms with E-state index in [9.17, 15) is 0 Å². The van der Waals surface area contributed by atoms with Gasteiger partial charge in [0.15, 0.2) is 0 Å². The first-order valence-corrected chi connectivity index (χ1v) is 16.5. The van der Waals surface area contributed by atoms with Crippen molar-refractivity contribution < 1.29 is 0 Å². The highest BCUT2D eigenvalue weighted by molar-refractivity contribution is 6.23. The van der Waals surface area contributed by atoms with Crippen molar-refractivity contribution in [3.8, 4) is 33.4 Å². The lowest BCUT2D eigenvalue weighted by atomic mass is 9.81. The van der Waals surface area contributed by atoms with Gasteiger partial charge in [0.05, 0.1) is 0 Å². The van der Waals surface area contributed by atoms with Crippen molar-refractivity contribution in [1.82, 2.24) is 0 Å². The second-order valence-corrected chi connectivity index (χ2v) is 12.8. The minimum absolute atomic E-state index is 1.09. The standard InChI is InChI=1S/C46H34/c1-30-19-21-32(22-20-30)45-40-17-9-10-18-41(40)46(43-29-36-13-7-8-14-37(36)38-15-3-2-4-16-39(38)43)44-28-35(25-26-42(44)45)34-24-23-31-11-5-6-12-33(31)27-34/h4-14,16-29H,2-3,15H2,1H3. The van der Waals surface area contributed by atoms with E-state index in [-0.39, 0.29) is 0 Å². The third kappa shape index (κ3) is 4.37. The van der Waals surface area contributed by atoms with Crippen molar-refractivity contribution in [1.29, 1.82) is 0 Å². The molecule has 9 rings (SSSR count). The van der Waals surface area contributed by atoms with Crippen LogP contribution in [0, 0.1) is 6.92 Å². The zero-order valence-corrected chi connectivity index (χ0v) is 26.1. The van der Waals surface area contributed by atoms with Gasteiger partial charge in [-0.3, -0.25) is 0 Å². The van der Waals surface area contributed by atoms with E-state index >= 15 is 0 Å². The minimum Gasteiger partial charge on any atom is -0.0839 e. The van der Waals surface area contributed by atoms with Gasteiger partial charge in [-0.2, -0.15) is 0 Å². The summed E-state index contributed by atoms with van der Waals surface area (Å²) < 4.78 is 0. The fraction of sp³-hybridized carbons (Fsp3) is 0.0870. The van der Waals surface area contributed by atoms with Crippen LogP contribution < -0.4 is 0 Å². The lowest BCUT2D eigenvalue weighted by Gasteiger charge is -2.22. The van der Waals surface area contributed by atoms with Gasteiger partial charge in [-0.25, -0.2) is 0 Å². The molecule has 0 saturated carbocycles. The lowest BCUT2D eigenvalue weighted by molar-refractivity contribution is 0.857. The molecule has 0 saturated heterocycles. The highest BCUT2D eigenvalue weighted by Gasteiger charge is 2.21. The first-order valence-electron chi connectivity index (χ1n) is 16.5. The maximum Gasteiger partial charge on any atom is -0.00198 e. The Morgan fingerprint density at radius 2 is 1.09 bits per heavy atom. The van der Waals surface area contributed by atoms with E-state index in [2.05, 4.69) is 159 Å². The maximum atomic E-state index is 2.46. The van der Waals surface area contributed by atoms with E-state index in [0.717, 1.165) is 12.8 Å². The van der Waals surface area contributed by atoms with Crippen LogP contribution in [0.5, 0.6) is 0 Å². The Hall–Kier alpha value is -5.46. The summed E-state index contributed by atoms with van der Waals surface area (Å²) in [6, 6.07) is 52.2. The topological polar surface area (TPSA) is 0 Å². The minimum atomic E-state index is 1.09. The number of fused-ring (bicyclic) bond motifs is 6. The lowest BCUT2D eigenvalue weighted by Crippen LogP contribution is -1.97. The second-order valence-electron chi connectivity index (χ2n) is 12.8. The molecule has 218 valence electrons. The zero-order chi connectivity index (χ0) is 30.6. The molecule has 0 bridgehead atoms. The molecule has 8 aromatic rings. The predicted octanol–water partition coefficient (Wildman–Crippen LogP) is 13.0. The van der Waals surface area contributed by atoms with Crippen LogP contribution in [0.3, 0.4) is 0 Å². The highest BCUT2D eigenvalue weighted by atomic mass is 14.2. The number of hydrogen-bond acceptors (Lipinski definition) is 0. The van der Waals surface area contributed by atoms with Gasteiger partial charge in [-0.05, 0) is 132 Å². The van der Waals surface area contributed by atoms with Crippen molar-refractivity contribution in [2.24, 2.45) is 0 Å². The molecule has 0 heterocycles. The Morgan fingerprint density at radius 3 is 1.91 bits per heavy atom. The fourth-order valence-corrected chi connectivity index (χ4v) is 7.75. The van der Waals surface area contributed by atoms with Crippen molar-refractivity contribution in [3.05, 3.63) is 162 Å². The molecule has 0 aromatic heterocycles. The molecule has 0 aliphatic heterocycles. The van der Waals surface area contributed by atoms with E-state index in [1.54, 1.807) is 0 Å². The second kappa shape index (κ2) is 10.9. The monoisotopic (exact) mass is 586 g/mol. The van der Waals surface area contributed by atoms with Crippen molar-refractivity contribution in [3.63, 3.8) is 0 Å². The quantitative estimate of drug-likeness (QED) is 0.181. The first kappa shape index (κ1) is 26.9. The summed E-state index contributed by atoms with van der Waals surface area (Å²) in [5.74, 6) is 0. The van der Waals surface area contributed by atoms with Crippen LogP contribution in [0.1, 0.15) is 29.5 Å². The summed E-state index contributed by atoms with van der Waals surface area (Å²) >= 11 is 0. The van der Waals surface area contributed by atoms with E-state index in [1.807, 2.05) is 0 Å². The molecule has 0 N–H and O–H groups in total. The molecule has 0 nitrogen and oxygen atoms in total. The Labute approximate surface area is 270 Å². The summed E-state index contributed by atoms with van der Waals surface area (Å²) in [5, 5.41) is 10.4. The molecule has 0 spiro atoms. The maximum absolute atomic E-state index is 2.46. The SMILES string of the molecule is Cc1ccc(-c2c3ccccc3c(-c3cc4ccccc4c4c3C=CCCC4)c3cc(-c4ccc5ccccc5c4)ccc23)cc1. The Bertz CT molecular complexity index is 2490. The van der Waals surface area contributed by atoms with Crippen LogP contribution in [0.25, 0.3) is 82.5 Å². The molecule has 8 aromatic carbocycles. The summed E-state index contributed by atoms with van der Waals surface area (Å²) in [4.78, 5) is 0. The number of aryl methyl sites for hydroxylation is 2. The average Bonchev–Trinajstić information content (AvgIpc) is 3.37. The van der Waals surface area contributed by atoms with Gasteiger partial charge in [0.25, 0.3) is 0 Å². The predicted molar refractivity (Wildman–Crippen MR) is 199 cm³/mol. The van der Waals surface area contributed by atoms with Gasteiger partial charge < -0.3 is 0 Å². The van der Waals surface area contributed by atoms with Gasteiger partial charge in [0.1, 0.15) is 0 Å². The molecule has 0 heteroatoms. The summed E-state index contributed by atoms with van der Waals surface area (Å²) in [6.07, 6.45) is 8.18. The number of allylic oxidation sites excluding steroid dienone is 1. The van der Waals surface area contributed by atoms with Crippen LogP contribution in [0.4, 0.5) is 0 Å². The smallest absolute Gasteiger partial charge is 0.00198 e. The van der Waals surface area contributed by atoms with Crippen molar-refractivity contribution >= 4 is 49.2 Å². The number of rotatable bonds is 3. The van der Waals surface area contributed by atoms with Crippen LogP contribution in [0.2, 0.25) is 0 Å². The van der Waals surface area contributed by atoms with E-state index in [4.69, 9.17) is 0 Å². The molecule has 0 fully saturated rings. The van der Waals surface area contributed by atoms with E-state index < -0.39 is 0 Å². The average molecular weight is 587 g/mol. The molecule has 1 aliphatic carbocycles. The third-order valence-corrected chi connectivity index (χ3v) is 10.00. The molecule has 0 amide bonds. The first-order chi connectivity index (χ1) is 22.7. The van der Waals surface area contributed by atoms with E-state index in [0.29, 0.717) is 0 Å². The summed E-state index contributed by atoms with van der Waals surface area (Å²) in [6.45, 7) is 2.16. The molecule has 1 aliphatic rings. The Balaban J connectivity index is 1.44. The summed E-state index contributed by atoms with van der Waals surface area (Å²) in [5.41, 5.74) is 11.8. The van der Waals surface area contributed by atoms with Crippen molar-refractivity contribution in [2.45, 2.75) is 26.2 Å². The normalized spacial score (nSPS) is 13.0. The molecule has 0 atom stereocenters. The number of hydrogen-bond donors (Lipinski definition) is 0. The van der Waals surface area contributed by atoms with Crippen LogP contribution in [-0.4, -0.2) is 0 Å². The largest absolute Gasteiger partial charge is 0.0839 e. The van der Waals surface area contributed by atoms with Gasteiger partial charge >= 0.3 is 0 Å². The number of benzene rings is 8. The molecular formula is C46H34. The van der Waals surface area contributed by atoms with Gasteiger partial charge in [0.2, 0.25) is 0 Å². The van der Waals surface area contributed by atoms with Crippen LogP contribution >= 0.6 is 0 Å². The van der Waals surface area contributed by atoms with Gasteiger partial charge in [0, 0.05) is 0 Å². The zero-order valence-electron chi connectivity index (χ0n) is 26.1. The molecule has 0 radical (unpaired) electrons. The molecular weight excluding hydrogens is 553 g/mol. The van der Waals surface area contributed by atoms with E-state index in [1.165, 1.54) is 99.6 Å². The van der Waals surface area contributed by atoms with Crippen LogP contribution in [0.15, 0.2) is 146 Å². The van der Waals surface area contributed by atoms with Gasteiger partial charge in [-0.1, -0.05) is 139 Å². The highest BCUT2D eigenvalue weighted by Crippen LogP contribution is 2.47. The summed E-state index contributed by atoms with van der Waals surface area (Å²) in [7, 11) is 0.